The molecule has 4 rings (SSSR count). The van der Waals surface area contributed by atoms with Gasteiger partial charge in [0, 0.05) is 19.5 Å². The third-order valence-corrected chi connectivity index (χ3v) is 3.74. The van der Waals surface area contributed by atoms with E-state index in [4.69, 9.17) is 8.83 Å². The summed E-state index contributed by atoms with van der Waals surface area (Å²) in [5, 5.41) is 0. The van der Waals surface area contributed by atoms with Gasteiger partial charge in [0.25, 0.3) is 5.56 Å². The number of hydrogen-bond acceptors (Lipinski definition) is 6. The van der Waals surface area contributed by atoms with Gasteiger partial charge in [-0.05, 0) is 12.1 Å². The maximum atomic E-state index is 12.3. The molecule has 0 spiro atoms. The molecule has 7 heteroatoms. The molecule has 1 aliphatic rings. The highest BCUT2D eigenvalue weighted by molar-refractivity contribution is 5.46. The molecule has 0 atom stereocenters. The van der Waals surface area contributed by atoms with Crippen molar-refractivity contribution in [2.75, 3.05) is 6.54 Å². The Bertz CT molecular complexity index is 821. The fourth-order valence-corrected chi connectivity index (χ4v) is 2.67. The molecule has 0 amide bonds. The number of furan rings is 1. The fraction of sp³-hybridized carbons (Fsp3) is 0.267. The van der Waals surface area contributed by atoms with Crippen LogP contribution in [-0.4, -0.2) is 26.4 Å². The number of fused-ring (bicyclic) bond motifs is 1. The van der Waals surface area contributed by atoms with Gasteiger partial charge in [-0.2, -0.15) is 0 Å². The van der Waals surface area contributed by atoms with E-state index in [9.17, 15) is 4.79 Å². The third kappa shape index (κ3) is 2.35. The SMILES string of the molecule is O=c1[nH]c(-c2ccco2)nc2c1CN(Cc1ncco1)CC2. The Balaban J connectivity index is 1.61. The molecular weight excluding hydrogens is 284 g/mol. The molecule has 112 valence electrons. The molecule has 22 heavy (non-hydrogen) atoms. The molecule has 3 aromatic heterocycles. The summed E-state index contributed by atoms with van der Waals surface area (Å²) >= 11 is 0. The molecule has 3 aromatic rings. The number of rotatable bonds is 3. The molecular formula is C15H14N4O3. The molecule has 0 fully saturated rings. The molecule has 0 aliphatic carbocycles. The molecule has 0 bridgehead atoms. The highest BCUT2D eigenvalue weighted by atomic mass is 16.3. The zero-order valence-electron chi connectivity index (χ0n) is 11.8. The first-order valence-electron chi connectivity index (χ1n) is 7.06. The van der Waals surface area contributed by atoms with E-state index in [1.54, 1.807) is 30.9 Å². The smallest absolute Gasteiger partial charge is 0.256 e. The second-order valence-corrected chi connectivity index (χ2v) is 5.20. The van der Waals surface area contributed by atoms with Crippen LogP contribution in [0.1, 0.15) is 17.1 Å². The van der Waals surface area contributed by atoms with Crippen molar-refractivity contribution in [3.05, 3.63) is 58.4 Å². The molecule has 4 heterocycles. The van der Waals surface area contributed by atoms with Gasteiger partial charge in [0.2, 0.25) is 5.89 Å². The van der Waals surface area contributed by atoms with Gasteiger partial charge in [0.05, 0.1) is 30.3 Å². The first-order valence-corrected chi connectivity index (χ1v) is 7.06. The van der Waals surface area contributed by atoms with Crippen molar-refractivity contribution in [2.45, 2.75) is 19.5 Å². The molecule has 1 aliphatic heterocycles. The van der Waals surface area contributed by atoms with Crippen molar-refractivity contribution in [3.63, 3.8) is 0 Å². The predicted octanol–water partition coefficient (Wildman–Crippen LogP) is 1.58. The maximum absolute atomic E-state index is 12.3. The lowest BCUT2D eigenvalue weighted by molar-refractivity contribution is 0.218. The second kappa shape index (κ2) is 5.27. The number of H-pyrrole nitrogens is 1. The Kier molecular flexibility index (Phi) is 3.12. The number of nitrogens with one attached hydrogen (secondary N) is 1. The fourth-order valence-electron chi connectivity index (χ4n) is 2.67. The summed E-state index contributed by atoms with van der Waals surface area (Å²) in [6, 6.07) is 3.55. The molecule has 0 saturated carbocycles. The van der Waals surface area contributed by atoms with Gasteiger partial charge >= 0.3 is 0 Å². The summed E-state index contributed by atoms with van der Waals surface area (Å²) in [7, 11) is 0. The topological polar surface area (TPSA) is 88.2 Å². The summed E-state index contributed by atoms with van der Waals surface area (Å²) in [6.45, 7) is 1.94. The van der Waals surface area contributed by atoms with Crippen LogP contribution in [-0.2, 0) is 19.5 Å². The lowest BCUT2D eigenvalue weighted by atomic mass is 10.1. The number of oxazole rings is 1. The molecule has 0 unspecified atom stereocenters. The highest BCUT2D eigenvalue weighted by Crippen LogP contribution is 2.19. The number of nitrogens with zero attached hydrogens (tertiary/aromatic N) is 3. The Morgan fingerprint density at radius 2 is 2.27 bits per heavy atom. The van der Waals surface area contributed by atoms with E-state index in [1.807, 2.05) is 0 Å². The van der Waals surface area contributed by atoms with Crippen molar-refractivity contribution in [2.24, 2.45) is 0 Å². The summed E-state index contributed by atoms with van der Waals surface area (Å²) in [6.07, 6.45) is 5.45. The maximum Gasteiger partial charge on any atom is 0.256 e. The monoisotopic (exact) mass is 298 g/mol. The van der Waals surface area contributed by atoms with Crippen molar-refractivity contribution < 1.29 is 8.83 Å². The summed E-state index contributed by atoms with van der Waals surface area (Å²) in [5.74, 6) is 1.71. The van der Waals surface area contributed by atoms with Crippen LogP contribution < -0.4 is 5.56 Å². The van der Waals surface area contributed by atoms with Gasteiger partial charge in [0.15, 0.2) is 11.6 Å². The van der Waals surface area contributed by atoms with Crippen LogP contribution in [0.4, 0.5) is 0 Å². The summed E-state index contributed by atoms with van der Waals surface area (Å²) in [5.41, 5.74) is 1.42. The minimum atomic E-state index is -0.117. The van der Waals surface area contributed by atoms with Gasteiger partial charge < -0.3 is 13.8 Å². The molecule has 0 aromatic carbocycles. The van der Waals surface area contributed by atoms with Gasteiger partial charge in [0.1, 0.15) is 6.26 Å². The van der Waals surface area contributed by atoms with Gasteiger partial charge in [-0.15, -0.1) is 0 Å². The van der Waals surface area contributed by atoms with Gasteiger partial charge in [-0.1, -0.05) is 0 Å². The Labute approximate surface area is 125 Å². The van der Waals surface area contributed by atoms with Crippen LogP contribution in [0.25, 0.3) is 11.6 Å². The Morgan fingerprint density at radius 1 is 1.32 bits per heavy atom. The van der Waals surface area contributed by atoms with Crippen LogP contribution >= 0.6 is 0 Å². The van der Waals surface area contributed by atoms with E-state index in [0.717, 1.165) is 12.2 Å². The van der Waals surface area contributed by atoms with E-state index >= 15 is 0 Å². The van der Waals surface area contributed by atoms with Crippen molar-refractivity contribution in [3.8, 4) is 11.6 Å². The normalized spacial score (nSPS) is 14.9. The van der Waals surface area contributed by atoms with Crippen LogP contribution in [0.2, 0.25) is 0 Å². The first kappa shape index (κ1) is 13.0. The van der Waals surface area contributed by atoms with E-state index in [0.29, 0.717) is 42.5 Å². The molecule has 7 nitrogen and oxygen atoms in total. The van der Waals surface area contributed by atoms with Crippen LogP contribution in [0.15, 0.2) is 44.5 Å². The largest absolute Gasteiger partial charge is 0.461 e. The number of hydrogen-bond donors (Lipinski definition) is 1. The minimum Gasteiger partial charge on any atom is -0.461 e. The van der Waals surface area contributed by atoms with E-state index in [1.165, 1.54) is 0 Å². The highest BCUT2D eigenvalue weighted by Gasteiger charge is 2.22. The molecule has 0 saturated heterocycles. The Morgan fingerprint density at radius 3 is 3.05 bits per heavy atom. The van der Waals surface area contributed by atoms with E-state index in [-0.39, 0.29) is 5.56 Å². The first-order chi connectivity index (χ1) is 10.8. The Hall–Kier alpha value is -2.67. The summed E-state index contributed by atoms with van der Waals surface area (Å²) < 4.78 is 10.5. The zero-order chi connectivity index (χ0) is 14.9. The third-order valence-electron chi connectivity index (χ3n) is 3.74. The molecule has 0 radical (unpaired) electrons. The van der Waals surface area contributed by atoms with Crippen LogP contribution in [0.3, 0.4) is 0 Å². The average Bonchev–Trinajstić information content (AvgIpc) is 3.20. The standard InChI is InChI=1S/C15H14N4O3/c20-15-10-8-19(9-13-16-4-7-22-13)5-3-11(10)17-14(18-15)12-2-1-6-21-12/h1-2,4,6-7H,3,5,8-9H2,(H,17,18,20). The molecule has 1 N–H and O–H groups in total. The predicted molar refractivity (Wildman–Crippen MR) is 76.9 cm³/mol. The van der Waals surface area contributed by atoms with E-state index < -0.39 is 0 Å². The van der Waals surface area contributed by atoms with Gasteiger partial charge in [-0.3, -0.25) is 9.69 Å². The van der Waals surface area contributed by atoms with Crippen LogP contribution in [0, 0.1) is 0 Å². The summed E-state index contributed by atoms with van der Waals surface area (Å²) in [4.78, 5) is 25.9. The zero-order valence-corrected chi connectivity index (χ0v) is 11.8. The van der Waals surface area contributed by atoms with E-state index in [2.05, 4.69) is 19.9 Å². The lowest BCUT2D eigenvalue weighted by Crippen LogP contribution is -2.35. The average molecular weight is 298 g/mol. The van der Waals surface area contributed by atoms with Crippen molar-refractivity contribution in [1.82, 2.24) is 19.9 Å². The number of aromatic amines is 1. The van der Waals surface area contributed by atoms with Crippen molar-refractivity contribution >= 4 is 0 Å². The lowest BCUT2D eigenvalue weighted by Gasteiger charge is -2.26. The van der Waals surface area contributed by atoms with Crippen LogP contribution in [0.5, 0.6) is 0 Å². The second-order valence-electron chi connectivity index (χ2n) is 5.20. The van der Waals surface area contributed by atoms with Gasteiger partial charge in [-0.25, -0.2) is 9.97 Å². The minimum absolute atomic E-state index is 0.117. The quantitative estimate of drug-likeness (QED) is 0.789. The van der Waals surface area contributed by atoms with Crippen molar-refractivity contribution in [1.29, 1.82) is 0 Å². The number of aromatic nitrogens is 3.